The number of imidazole rings is 2. The Balaban J connectivity index is 1.02. The number of benzene rings is 3. The number of rotatable bonds is 9. The van der Waals surface area contributed by atoms with E-state index in [0.717, 1.165) is 44.5 Å². The first kappa shape index (κ1) is 41.2. The average Bonchev–Trinajstić information content (AvgIpc) is 3.82. The zero-order valence-electron chi connectivity index (χ0n) is 34.1. The number of aromatic nitrogens is 4. The fraction of sp³-hybridized carbons (Fsp3) is 0.478. The van der Waals surface area contributed by atoms with Gasteiger partial charge in [0.05, 0.1) is 35.0 Å². The van der Waals surface area contributed by atoms with Gasteiger partial charge in [0.25, 0.3) is 0 Å². The number of carbonyl (C=O) groups is 2. The molecular weight excluding hydrogens is 745 g/mol. The lowest BCUT2D eigenvalue weighted by molar-refractivity contribution is -0.131. The number of nitrogens with zero attached hydrogens (tertiary/aromatic N) is 2. The third-order valence-corrected chi connectivity index (χ3v) is 11.9. The average molecular weight is 799 g/mol. The molecule has 12 heteroatoms. The Morgan fingerprint density at radius 3 is 1.50 bits per heavy atom. The molecule has 0 spiro atoms. The van der Waals surface area contributed by atoms with Gasteiger partial charge in [-0.1, -0.05) is 96.1 Å². The Labute approximate surface area is 337 Å². The van der Waals surface area contributed by atoms with Crippen molar-refractivity contribution in [2.24, 2.45) is 22.7 Å². The topological polar surface area (TPSA) is 116 Å². The molecule has 2 amide bonds. The Bertz CT molecular complexity index is 2230. The molecule has 0 saturated heterocycles. The lowest BCUT2D eigenvalue weighted by Crippen LogP contribution is -2.42. The van der Waals surface area contributed by atoms with Crippen LogP contribution in [0.3, 0.4) is 0 Å². The fourth-order valence-corrected chi connectivity index (χ4v) is 8.19. The van der Waals surface area contributed by atoms with E-state index in [-0.39, 0.29) is 74.0 Å². The van der Waals surface area contributed by atoms with Gasteiger partial charge in [-0.05, 0) is 76.5 Å². The standard InChI is InChI=1S/C46H54F4N6O2/c1-43(2,3)37(55-41(57)31-17-21-45(47,48)22-18-31)39-51-26-36(54-39)30-13-11-28(12-14-30)27-7-9-29(10-8-27)33-15-16-34-35(25-33)53-40(52-34)38(44(4,5)6)56-42(58)32-19-23-46(49,50)24-20-32/h7-16,25-26,31-32,37-38H,17-24H2,1-6H3,(H,51,54)(H,52,53)(H,55,57)(H,56,58)/t37-,38?/m1/s1. The summed E-state index contributed by atoms with van der Waals surface area (Å²) in [7, 11) is 0. The zero-order chi connectivity index (χ0) is 41.6. The first-order valence-corrected chi connectivity index (χ1v) is 20.4. The van der Waals surface area contributed by atoms with Gasteiger partial charge in [-0.15, -0.1) is 0 Å². The molecule has 58 heavy (non-hydrogen) atoms. The fourth-order valence-electron chi connectivity index (χ4n) is 8.19. The van der Waals surface area contributed by atoms with Crippen molar-refractivity contribution in [3.8, 4) is 33.5 Å². The number of carbonyl (C=O) groups excluding carboxylic acids is 2. The number of hydrogen-bond donors (Lipinski definition) is 4. The van der Waals surface area contributed by atoms with Crippen molar-refractivity contribution in [1.29, 1.82) is 0 Å². The lowest BCUT2D eigenvalue weighted by atomic mass is 9.83. The molecule has 2 saturated carbocycles. The monoisotopic (exact) mass is 798 g/mol. The summed E-state index contributed by atoms with van der Waals surface area (Å²) in [4.78, 5) is 42.7. The number of nitrogens with one attached hydrogen (secondary N) is 4. The Hall–Kier alpha value is -5.00. The van der Waals surface area contributed by atoms with E-state index >= 15 is 0 Å². The summed E-state index contributed by atoms with van der Waals surface area (Å²) in [5, 5.41) is 6.23. The Morgan fingerprint density at radius 2 is 1.03 bits per heavy atom. The predicted molar refractivity (Wildman–Crippen MR) is 219 cm³/mol. The van der Waals surface area contributed by atoms with Crippen LogP contribution >= 0.6 is 0 Å². The van der Waals surface area contributed by atoms with Crippen LogP contribution in [0.4, 0.5) is 17.6 Å². The van der Waals surface area contributed by atoms with E-state index in [1.807, 2.05) is 71.9 Å². The Morgan fingerprint density at radius 1 is 0.621 bits per heavy atom. The quantitative estimate of drug-likeness (QED) is 0.111. The minimum absolute atomic E-state index is 0.176. The van der Waals surface area contributed by atoms with Crippen molar-refractivity contribution in [2.75, 3.05) is 0 Å². The van der Waals surface area contributed by atoms with E-state index in [9.17, 15) is 27.2 Å². The second kappa shape index (κ2) is 15.6. The van der Waals surface area contributed by atoms with Crippen molar-refractivity contribution in [3.63, 3.8) is 0 Å². The number of halogens is 4. The van der Waals surface area contributed by atoms with Crippen molar-refractivity contribution < 1.29 is 27.2 Å². The molecule has 0 aliphatic heterocycles. The number of amides is 2. The van der Waals surface area contributed by atoms with Gasteiger partial charge in [-0.3, -0.25) is 9.59 Å². The molecule has 2 aliphatic rings. The highest BCUT2D eigenvalue weighted by Gasteiger charge is 2.41. The molecule has 3 aromatic carbocycles. The van der Waals surface area contributed by atoms with Gasteiger partial charge in [-0.25, -0.2) is 27.5 Å². The van der Waals surface area contributed by atoms with E-state index in [2.05, 4.69) is 62.0 Å². The second-order valence-electron chi connectivity index (χ2n) is 18.6. The summed E-state index contributed by atoms with van der Waals surface area (Å²) in [6.45, 7) is 12.1. The third kappa shape index (κ3) is 9.31. The highest BCUT2D eigenvalue weighted by Crippen LogP contribution is 2.40. The molecule has 8 nitrogen and oxygen atoms in total. The van der Waals surface area contributed by atoms with Crippen molar-refractivity contribution in [1.82, 2.24) is 30.6 Å². The van der Waals surface area contributed by atoms with Crippen molar-refractivity contribution in [3.05, 3.63) is 84.6 Å². The van der Waals surface area contributed by atoms with Crippen LogP contribution in [0.5, 0.6) is 0 Å². The molecule has 2 aliphatic carbocycles. The molecule has 308 valence electrons. The van der Waals surface area contributed by atoms with Crippen LogP contribution in [0, 0.1) is 22.7 Å². The Kier molecular flexibility index (Phi) is 11.1. The molecule has 2 aromatic heterocycles. The van der Waals surface area contributed by atoms with Crippen LogP contribution in [0.1, 0.15) is 117 Å². The van der Waals surface area contributed by atoms with Crippen LogP contribution in [-0.4, -0.2) is 43.6 Å². The summed E-state index contributed by atoms with van der Waals surface area (Å²) in [5.41, 5.74) is 6.72. The molecule has 2 atom stereocenters. The second-order valence-corrected chi connectivity index (χ2v) is 18.6. The number of H-pyrrole nitrogens is 2. The first-order valence-electron chi connectivity index (χ1n) is 20.4. The predicted octanol–water partition coefficient (Wildman–Crippen LogP) is 11.3. The van der Waals surface area contributed by atoms with Crippen molar-refractivity contribution >= 4 is 22.8 Å². The molecule has 7 rings (SSSR count). The van der Waals surface area contributed by atoms with E-state index in [0.29, 0.717) is 11.6 Å². The summed E-state index contributed by atoms with van der Waals surface area (Å²) in [5.74, 6) is -5.41. The molecule has 0 bridgehead atoms. The minimum atomic E-state index is -2.69. The van der Waals surface area contributed by atoms with E-state index in [4.69, 9.17) is 4.98 Å². The van der Waals surface area contributed by atoms with Gasteiger partial charge in [0.2, 0.25) is 23.7 Å². The van der Waals surface area contributed by atoms with Gasteiger partial charge in [0.15, 0.2) is 0 Å². The molecule has 5 aromatic rings. The van der Waals surface area contributed by atoms with Crippen LogP contribution in [0.15, 0.2) is 72.9 Å². The van der Waals surface area contributed by atoms with Crippen LogP contribution < -0.4 is 10.6 Å². The zero-order valence-corrected chi connectivity index (χ0v) is 34.1. The molecule has 4 N–H and O–H groups in total. The largest absolute Gasteiger partial charge is 0.345 e. The van der Waals surface area contributed by atoms with Crippen LogP contribution in [-0.2, 0) is 9.59 Å². The smallest absolute Gasteiger partial charge is 0.248 e. The molecule has 2 heterocycles. The summed E-state index contributed by atoms with van der Waals surface area (Å²) in [6, 6.07) is 21.7. The van der Waals surface area contributed by atoms with Gasteiger partial charge in [0.1, 0.15) is 11.6 Å². The van der Waals surface area contributed by atoms with Gasteiger partial charge < -0.3 is 20.6 Å². The van der Waals surface area contributed by atoms with Crippen LogP contribution in [0.2, 0.25) is 0 Å². The van der Waals surface area contributed by atoms with E-state index in [1.54, 1.807) is 6.20 Å². The van der Waals surface area contributed by atoms with Crippen LogP contribution in [0.25, 0.3) is 44.5 Å². The van der Waals surface area contributed by atoms with E-state index in [1.165, 1.54) is 0 Å². The molecule has 1 unspecified atom stereocenters. The third-order valence-electron chi connectivity index (χ3n) is 11.9. The van der Waals surface area contributed by atoms with E-state index < -0.39 is 35.8 Å². The number of aromatic amines is 2. The van der Waals surface area contributed by atoms with Gasteiger partial charge in [0, 0.05) is 37.5 Å². The highest BCUT2D eigenvalue weighted by molar-refractivity contribution is 5.84. The minimum Gasteiger partial charge on any atom is -0.345 e. The lowest BCUT2D eigenvalue weighted by Gasteiger charge is -2.33. The summed E-state index contributed by atoms with van der Waals surface area (Å²) >= 11 is 0. The maximum Gasteiger partial charge on any atom is 0.248 e. The van der Waals surface area contributed by atoms with Gasteiger partial charge >= 0.3 is 0 Å². The highest BCUT2D eigenvalue weighted by atomic mass is 19.3. The molecule has 0 radical (unpaired) electrons. The SMILES string of the molecule is CC(C)(C)C(NC(=O)C1CCC(F)(F)CC1)c1nc2ccc(-c3ccc(-c4ccc(-c5cnc([C@@H](NC(=O)C6CCC(F)(F)CC6)C(C)(C)C)[nH]5)cc4)cc3)cc2[nH]1. The maximum atomic E-state index is 13.7. The number of hydrogen-bond acceptors (Lipinski definition) is 4. The normalized spacial score (nSPS) is 18.8. The molecule has 2 fully saturated rings. The maximum absolute atomic E-state index is 13.7. The summed E-state index contributed by atoms with van der Waals surface area (Å²) in [6.07, 6.45) is 1.41. The van der Waals surface area contributed by atoms with Gasteiger partial charge in [-0.2, -0.15) is 0 Å². The molecular formula is C46H54F4N6O2. The number of alkyl halides is 4. The van der Waals surface area contributed by atoms with Crippen molar-refractivity contribution in [2.45, 2.75) is 117 Å². The number of fused-ring (bicyclic) bond motifs is 1. The first-order chi connectivity index (χ1) is 27.2. The summed E-state index contributed by atoms with van der Waals surface area (Å²) < 4.78 is 54.9.